The summed E-state index contributed by atoms with van der Waals surface area (Å²) in [6.45, 7) is 5.60. The highest BCUT2D eigenvalue weighted by Gasteiger charge is 2.31. The van der Waals surface area contributed by atoms with Crippen molar-refractivity contribution in [2.75, 3.05) is 13.2 Å². The smallest absolute Gasteiger partial charge is 0.306 e. The fourth-order valence-electron chi connectivity index (χ4n) is 3.53. The third kappa shape index (κ3) is 4.70. The molecule has 0 bridgehead atoms. The molecule has 1 heterocycles. The third-order valence-corrected chi connectivity index (χ3v) is 4.83. The number of rotatable bonds is 6. The number of hydrogen-bond donors (Lipinski definition) is 1. The van der Waals surface area contributed by atoms with E-state index in [1.807, 2.05) is 4.90 Å². The maximum atomic E-state index is 12.2. The highest BCUT2D eigenvalue weighted by molar-refractivity contribution is 5.77. The van der Waals surface area contributed by atoms with Crippen LogP contribution in [-0.4, -0.2) is 47.2 Å². The number of carboxylic acid groups (broad SMARTS) is 1. The van der Waals surface area contributed by atoms with Gasteiger partial charge in [0.2, 0.25) is 5.91 Å². The van der Waals surface area contributed by atoms with Crippen molar-refractivity contribution in [2.45, 2.75) is 70.9 Å². The van der Waals surface area contributed by atoms with Crippen LogP contribution in [0.2, 0.25) is 0 Å². The standard InChI is InChI=1S/C17H29NO4/c1-12(2)10-16(19)18-9-3-4-14(18)11-22-15-7-5-13(6-8-15)17(20)21/h12-15H,3-11H2,1-2H3,(H,20,21). The largest absolute Gasteiger partial charge is 0.481 e. The van der Waals surface area contributed by atoms with Gasteiger partial charge in [-0.15, -0.1) is 0 Å². The van der Waals surface area contributed by atoms with Gasteiger partial charge in [0.15, 0.2) is 0 Å². The van der Waals surface area contributed by atoms with Gasteiger partial charge in [0.25, 0.3) is 0 Å². The zero-order valence-electron chi connectivity index (χ0n) is 13.8. The molecule has 1 amide bonds. The summed E-state index contributed by atoms with van der Waals surface area (Å²) in [5.74, 6) is -0.244. The van der Waals surface area contributed by atoms with Crippen molar-refractivity contribution in [3.05, 3.63) is 0 Å². The van der Waals surface area contributed by atoms with Gasteiger partial charge in [-0.2, -0.15) is 0 Å². The summed E-state index contributed by atoms with van der Waals surface area (Å²) in [7, 11) is 0. The summed E-state index contributed by atoms with van der Waals surface area (Å²) in [5.41, 5.74) is 0. The Morgan fingerprint density at radius 2 is 1.86 bits per heavy atom. The Labute approximate surface area is 133 Å². The second kappa shape index (κ2) is 7.95. The zero-order chi connectivity index (χ0) is 16.1. The molecule has 2 aliphatic rings. The van der Waals surface area contributed by atoms with Gasteiger partial charge in [-0.05, 0) is 44.4 Å². The molecule has 1 aliphatic carbocycles. The molecule has 0 radical (unpaired) electrons. The van der Waals surface area contributed by atoms with Crippen LogP contribution < -0.4 is 0 Å². The van der Waals surface area contributed by atoms with E-state index in [0.29, 0.717) is 31.8 Å². The Morgan fingerprint density at radius 3 is 2.45 bits per heavy atom. The van der Waals surface area contributed by atoms with Crippen LogP contribution in [-0.2, 0) is 14.3 Å². The Morgan fingerprint density at radius 1 is 1.18 bits per heavy atom. The van der Waals surface area contributed by atoms with Gasteiger partial charge < -0.3 is 14.7 Å². The Kier molecular flexibility index (Phi) is 6.24. The van der Waals surface area contributed by atoms with E-state index in [1.54, 1.807) is 0 Å². The first-order chi connectivity index (χ1) is 10.5. The number of hydrogen-bond acceptors (Lipinski definition) is 3. The molecule has 1 unspecified atom stereocenters. The average molecular weight is 311 g/mol. The quantitative estimate of drug-likeness (QED) is 0.819. The van der Waals surface area contributed by atoms with Crippen LogP contribution in [0.1, 0.15) is 58.8 Å². The molecule has 1 aliphatic heterocycles. The molecule has 1 N–H and O–H groups in total. The minimum Gasteiger partial charge on any atom is -0.481 e. The van der Waals surface area contributed by atoms with Crippen LogP contribution >= 0.6 is 0 Å². The van der Waals surface area contributed by atoms with Gasteiger partial charge in [-0.1, -0.05) is 13.8 Å². The molecule has 0 spiro atoms. The molecule has 0 aromatic carbocycles. The SMILES string of the molecule is CC(C)CC(=O)N1CCCC1COC1CCC(C(=O)O)CC1. The molecule has 22 heavy (non-hydrogen) atoms. The fourth-order valence-corrected chi connectivity index (χ4v) is 3.53. The lowest BCUT2D eigenvalue weighted by molar-refractivity contribution is -0.144. The Balaban J connectivity index is 1.74. The van der Waals surface area contributed by atoms with Crippen molar-refractivity contribution in [3.63, 3.8) is 0 Å². The Hall–Kier alpha value is -1.10. The molecule has 126 valence electrons. The third-order valence-electron chi connectivity index (χ3n) is 4.83. The topological polar surface area (TPSA) is 66.8 Å². The number of amides is 1. The van der Waals surface area contributed by atoms with Crippen LogP contribution in [0.4, 0.5) is 0 Å². The predicted octanol–water partition coefficient (Wildman–Crippen LogP) is 2.68. The van der Waals surface area contributed by atoms with Crippen molar-refractivity contribution in [3.8, 4) is 0 Å². The molecular formula is C17H29NO4. The number of carbonyl (C=O) groups excluding carboxylic acids is 1. The normalized spacial score (nSPS) is 29.0. The van der Waals surface area contributed by atoms with E-state index >= 15 is 0 Å². The minimum absolute atomic E-state index is 0.165. The van der Waals surface area contributed by atoms with Crippen LogP contribution in [0.25, 0.3) is 0 Å². The highest BCUT2D eigenvalue weighted by atomic mass is 16.5. The first-order valence-electron chi connectivity index (χ1n) is 8.61. The van der Waals surface area contributed by atoms with E-state index in [2.05, 4.69) is 13.8 Å². The monoisotopic (exact) mass is 311 g/mol. The van der Waals surface area contributed by atoms with E-state index in [1.165, 1.54) is 0 Å². The minimum atomic E-state index is -0.681. The molecule has 5 heteroatoms. The van der Waals surface area contributed by atoms with Crippen LogP contribution in [0.5, 0.6) is 0 Å². The maximum Gasteiger partial charge on any atom is 0.306 e. The highest BCUT2D eigenvalue weighted by Crippen LogP contribution is 2.27. The van der Waals surface area contributed by atoms with Gasteiger partial charge in [-0.25, -0.2) is 0 Å². The molecule has 2 fully saturated rings. The molecule has 1 saturated heterocycles. The Bertz CT molecular complexity index is 388. The molecule has 1 atom stereocenters. The first kappa shape index (κ1) is 17.3. The van der Waals surface area contributed by atoms with Crippen LogP contribution in [0, 0.1) is 11.8 Å². The van der Waals surface area contributed by atoms with E-state index in [-0.39, 0.29) is 24.0 Å². The molecule has 0 aromatic rings. The summed E-state index contributed by atoms with van der Waals surface area (Å²) in [6.07, 6.45) is 5.92. The molecule has 5 nitrogen and oxygen atoms in total. The number of carbonyl (C=O) groups is 2. The predicted molar refractivity (Wildman–Crippen MR) is 83.5 cm³/mol. The van der Waals surface area contributed by atoms with E-state index in [4.69, 9.17) is 9.84 Å². The summed E-state index contributed by atoms with van der Waals surface area (Å²) >= 11 is 0. The van der Waals surface area contributed by atoms with E-state index < -0.39 is 5.97 Å². The second-order valence-electron chi connectivity index (χ2n) is 7.13. The van der Waals surface area contributed by atoms with Crippen molar-refractivity contribution in [1.29, 1.82) is 0 Å². The molecular weight excluding hydrogens is 282 g/mol. The maximum absolute atomic E-state index is 12.2. The summed E-state index contributed by atoms with van der Waals surface area (Å²) < 4.78 is 5.99. The molecule has 0 aromatic heterocycles. The van der Waals surface area contributed by atoms with E-state index in [0.717, 1.165) is 32.2 Å². The van der Waals surface area contributed by atoms with Crippen molar-refractivity contribution >= 4 is 11.9 Å². The van der Waals surface area contributed by atoms with Crippen molar-refractivity contribution < 1.29 is 19.4 Å². The van der Waals surface area contributed by atoms with Crippen molar-refractivity contribution in [2.24, 2.45) is 11.8 Å². The summed E-state index contributed by atoms with van der Waals surface area (Å²) in [6, 6.07) is 0.212. The lowest BCUT2D eigenvalue weighted by atomic mass is 9.87. The van der Waals surface area contributed by atoms with Crippen LogP contribution in [0.3, 0.4) is 0 Å². The van der Waals surface area contributed by atoms with Gasteiger partial charge in [0.1, 0.15) is 0 Å². The van der Waals surface area contributed by atoms with Gasteiger partial charge in [-0.3, -0.25) is 9.59 Å². The lowest BCUT2D eigenvalue weighted by Crippen LogP contribution is -2.40. The summed E-state index contributed by atoms with van der Waals surface area (Å²) in [5, 5.41) is 9.01. The van der Waals surface area contributed by atoms with Gasteiger partial charge in [0, 0.05) is 13.0 Å². The van der Waals surface area contributed by atoms with Gasteiger partial charge in [0.05, 0.1) is 24.7 Å². The number of ether oxygens (including phenoxy) is 1. The number of aliphatic carboxylic acids is 1. The molecule has 1 saturated carbocycles. The fraction of sp³-hybridized carbons (Fsp3) is 0.882. The van der Waals surface area contributed by atoms with E-state index in [9.17, 15) is 9.59 Å². The number of carboxylic acids is 1. The lowest BCUT2D eigenvalue weighted by Gasteiger charge is -2.30. The molecule has 2 rings (SSSR count). The number of likely N-dealkylation sites (tertiary alicyclic amines) is 1. The first-order valence-corrected chi connectivity index (χ1v) is 8.61. The average Bonchev–Trinajstić information content (AvgIpc) is 2.93. The van der Waals surface area contributed by atoms with Crippen LogP contribution in [0.15, 0.2) is 0 Å². The number of nitrogens with zero attached hydrogens (tertiary/aromatic N) is 1. The van der Waals surface area contributed by atoms with Gasteiger partial charge >= 0.3 is 5.97 Å². The second-order valence-corrected chi connectivity index (χ2v) is 7.13. The zero-order valence-corrected chi connectivity index (χ0v) is 13.8. The summed E-state index contributed by atoms with van der Waals surface area (Å²) in [4.78, 5) is 25.2. The van der Waals surface area contributed by atoms with Crippen molar-refractivity contribution in [1.82, 2.24) is 4.90 Å².